The van der Waals surface area contributed by atoms with Crippen LogP contribution < -0.4 is 15.4 Å². The maximum Gasteiger partial charge on any atom is 0.231 e. The van der Waals surface area contributed by atoms with Gasteiger partial charge in [0.15, 0.2) is 17.0 Å². The quantitative estimate of drug-likeness (QED) is 0.314. The summed E-state index contributed by atoms with van der Waals surface area (Å²) in [7, 11) is 1.67. The number of imidazole rings is 2. The number of hydrogen-bond donors (Lipinski definition) is 2. The van der Waals surface area contributed by atoms with Crippen LogP contribution in [0.4, 0.5) is 17.5 Å². The molecule has 2 N–H and O–H groups in total. The molecule has 178 valence electrons. The maximum atomic E-state index is 5.25. The van der Waals surface area contributed by atoms with Gasteiger partial charge in [-0.15, -0.1) is 0 Å². The number of fused-ring (bicyclic) bond motifs is 1. The van der Waals surface area contributed by atoms with Crippen molar-refractivity contribution in [3.05, 3.63) is 79.1 Å². The van der Waals surface area contributed by atoms with Crippen molar-refractivity contribution >= 4 is 28.6 Å². The molecule has 9 heteroatoms. The van der Waals surface area contributed by atoms with Crippen molar-refractivity contribution in [2.24, 2.45) is 0 Å². The van der Waals surface area contributed by atoms with E-state index in [4.69, 9.17) is 14.7 Å². The zero-order valence-electron chi connectivity index (χ0n) is 20.0. The average Bonchev–Trinajstić information content (AvgIpc) is 3.56. The van der Waals surface area contributed by atoms with Crippen LogP contribution in [0.1, 0.15) is 25.5 Å². The number of hydrogen-bond acceptors (Lipinski definition) is 7. The Labute approximate surface area is 203 Å². The van der Waals surface area contributed by atoms with Gasteiger partial charge in [0, 0.05) is 36.4 Å². The van der Waals surface area contributed by atoms with E-state index < -0.39 is 0 Å². The summed E-state index contributed by atoms with van der Waals surface area (Å²) in [6.45, 7) is 4.94. The highest BCUT2D eigenvalue weighted by Crippen LogP contribution is 2.25. The van der Waals surface area contributed by atoms with E-state index in [1.54, 1.807) is 19.6 Å². The molecule has 2 aromatic carbocycles. The largest absolute Gasteiger partial charge is 0.497 e. The molecule has 0 unspecified atom stereocenters. The van der Waals surface area contributed by atoms with Crippen molar-refractivity contribution in [2.75, 3.05) is 24.3 Å². The Bertz CT molecular complexity index is 1390. The van der Waals surface area contributed by atoms with E-state index >= 15 is 0 Å². The first kappa shape index (κ1) is 22.4. The summed E-state index contributed by atoms with van der Waals surface area (Å²) >= 11 is 0. The summed E-state index contributed by atoms with van der Waals surface area (Å²) in [5, 5.41) is 6.81. The molecule has 3 aromatic heterocycles. The van der Waals surface area contributed by atoms with Gasteiger partial charge in [0.25, 0.3) is 0 Å². The number of nitrogens with one attached hydrogen (secondary N) is 2. The van der Waals surface area contributed by atoms with Crippen molar-refractivity contribution in [3.8, 4) is 11.4 Å². The van der Waals surface area contributed by atoms with Crippen molar-refractivity contribution in [1.29, 1.82) is 0 Å². The molecular formula is C26H28N8O. The molecule has 0 fully saturated rings. The van der Waals surface area contributed by atoms with Crippen LogP contribution in [-0.4, -0.2) is 42.7 Å². The van der Waals surface area contributed by atoms with Gasteiger partial charge in [0.2, 0.25) is 5.95 Å². The molecule has 3 heterocycles. The van der Waals surface area contributed by atoms with E-state index in [0.717, 1.165) is 34.7 Å². The highest BCUT2D eigenvalue weighted by Gasteiger charge is 2.15. The van der Waals surface area contributed by atoms with Crippen molar-refractivity contribution in [1.82, 2.24) is 29.1 Å². The summed E-state index contributed by atoms with van der Waals surface area (Å²) in [4.78, 5) is 18.2. The molecule has 5 aromatic rings. The lowest BCUT2D eigenvalue weighted by molar-refractivity contribution is 0.414. The molecule has 9 nitrogen and oxygen atoms in total. The summed E-state index contributed by atoms with van der Waals surface area (Å²) in [5.74, 6) is 2.08. The fourth-order valence-electron chi connectivity index (χ4n) is 3.85. The van der Waals surface area contributed by atoms with Gasteiger partial charge >= 0.3 is 0 Å². The van der Waals surface area contributed by atoms with Gasteiger partial charge in [-0.25, -0.2) is 9.97 Å². The lowest BCUT2D eigenvalue weighted by atomic mass is 10.1. The zero-order valence-corrected chi connectivity index (χ0v) is 20.0. The monoisotopic (exact) mass is 468 g/mol. The van der Waals surface area contributed by atoms with E-state index in [9.17, 15) is 0 Å². The molecule has 0 atom stereocenters. The molecular weight excluding hydrogens is 440 g/mol. The van der Waals surface area contributed by atoms with Gasteiger partial charge in [-0.2, -0.15) is 9.97 Å². The Morgan fingerprint density at radius 3 is 2.46 bits per heavy atom. The highest BCUT2D eigenvalue weighted by molar-refractivity contribution is 5.84. The van der Waals surface area contributed by atoms with Gasteiger partial charge in [-0.1, -0.05) is 12.1 Å². The Hall–Kier alpha value is -4.40. The molecule has 0 saturated carbocycles. The number of aromatic nitrogens is 6. The second kappa shape index (κ2) is 9.84. The third-order valence-corrected chi connectivity index (χ3v) is 5.77. The number of benzene rings is 2. The minimum atomic E-state index is 0.226. The molecule has 0 aliphatic heterocycles. The summed E-state index contributed by atoms with van der Waals surface area (Å²) in [6.07, 6.45) is 8.12. The molecule has 0 amide bonds. The Morgan fingerprint density at radius 2 is 1.77 bits per heavy atom. The minimum Gasteiger partial charge on any atom is -0.497 e. The maximum absolute atomic E-state index is 5.25. The molecule has 0 aliphatic carbocycles. The molecule has 35 heavy (non-hydrogen) atoms. The van der Waals surface area contributed by atoms with E-state index in [-0.39, 0.29) is 6.04 Å². The summed E-state index contributed by atoms with van der Waals surface area (Å²) in [6, 6.07) is 16.4. The molecule has 0 radical (unpaired) electrons. The SMILES string of the molecule is COc1ccc(CCNc2nc(Nc3ccc(-n4ccnc4)cc3)nc3c2ncn3C(C)C)cc1. The number of ether oxygens (including phenoxy) is 1. The first-order valence-corrected chi connectivity index (χ1v) is 11.6. The van der Waals surface area contributed by atoms with Gasteiger partial charge < -0.3 is 24.5 Å². The lowest BCUT2D eigenvalue weighted by Gasteiger charge is -2.12. The number of rotatable bonds is 9. The zero-order chi connectivity index (χ0) is 24.2. The number of anilines is 3. The number of methoxy groups -OCH3 is 1. The van der Waals surface area contributed by atoms with Gasteiger partial charge in [0.05, 0.1) is 19.8 Å². The molecule has 5 rings (SSSR count). The highest BCUT2D eigenvalue weighted by atomic mass is 16.5. The molecule has 0 aliphatic rings. The second-order valence-electron chi connectivity index (χ2n) is 8.48. The first-order valence-electron chi connectivity index (χ1n) is 11.6. The fourth-order valence-corrected chi connectivity index (χ4v) is 3.85. The summed E-state index contributed by atoms with van der Waals surface area (Å²) in [5.41, 5.74) is 4.69. The average molecular weight is 469 g/mol. The third-order valence-electron chi connectivity index (χ3n) is 5.77. The Morgan fingerprint density at radius 1 is 0.971 bits per heavy atom. The Balaban J connectivity index is 1.37. The fraction of sp³-hybridized carbons (Fsp3) is 0.231. The van der Waals surface area contributed by atoms with Crippen LogP contribution in [0.25, 0.3) is 16.9 Å². The summed E-state index contributed by atoms with van der Waals surface area (Å²) < 4.78 is 9.26. The predicted octanol–water partition coefficient (Wildman–Crippen LogP) is 5.00. The lowest BCUT2D eigenvalue weighted by Crippen LogP contribution is -2.10. The van der Waals surface area contributed by atoms with Crippen LogP contribution in [0.3, 0.4) is 0 Å². The van der Waals surface area contributed by atoms with Crippen molar-refractivity contribution < 1.29 is 4.74 Å². The van der Waals surface area contributed by atoms with E-state index in [0.29, 0.717) is 18.3 Å². The van der Waals surface area contributed by atoms with E-state index in [1.165, 1.54) is 5.56 Å². The van der Waals surface area contributed by atoms with Gasteiger partial charge in [-0.3, -0.25) is 0 Å². The predicted molar refractivity (Wildman–Crippen MR) is 138 cm³/mol. The van der Waals surface area contributed by atoms with Crippen LogP contribution in [0, 0.1) is 0 Å². The molecule has 0 saturated heterocycles. The topological polar surface area (TPSA) is 94.7 Å². The van der Waals surface area contributed by atoms with Gasteiger partial charge in [0.1, 0.15) is 5.75 Å². The van der Waals surface area contributed by atoms with Crippen LogP contribution in [0.15, 0.2) is 73.6 Å². The van der Waals surface area contributed by atoms with Crippen LogP contribution in [0.2, 0.25) is 0 Å². The number of nitrogens with zero attached hydrogens (tertiary/aromatic N) is 6. The minimum absolute atomic E-state index is 0.226. The van der Waals surface area contributed by atoms with Gasteiger partial charge in [-0.05, 0) is 62.2 Å². The van der Waals surface area contributed by atoms with E-state index in [2.05, 4.69) is 51.1 Å². The van der Waals surface area contributed by atoms with Crippen molar-refractivity contribution in [3.63, 3.8) is 0 Å². The standard InChI is InChI=1S/C26H28N8O/c1-18(2)34-17-29-23-24(28-13-12-19-4-10-22(35-3)11-5-19)31-26(32-25(23)34)30-20-6-8-21(9-7-20)33-15-14-27-16-33/h4-11,14-18H,12-13H2,1-3H3,(H2,28,30,31,32). The third kappa shape index (κ3) is 4.93. The second-order valence-corrected chi connectivity index (χ2v) is 8.48. The normalized spacial score (nSPS) is 11.2. The van der Waals surface area contributed by atoms with Crippen LogP contribution in [0.5, 0.6) is 5.75 Å². The van der Waals surface area contributed by atoms with Crippen LogP contribution >= 0.6 is 0 Å². The first-order chi connectivity index (χ1) is 17.1. The molecule has 0 spiro atoms. The van der Waals surface area contributed by atoms with E-state index in [1.807, 2.05) is 53.5 Å². The van der Waals surface area contributed by atoms with Crippen molar-refractivity contribution in [2.45, 2.75) is 26.3 Å². The Kier molecular flexibility index (Phi) is 6.30. The smallest absolute Gasteiger partial charge is 0.231 e. The molecule has 0 bridgehead atoms. The van der Waals surface area contributed by atoms with Crippen LogP contribution in [-0.2, 0) is 6.42 Å².